The minimum atomic E-state index is -3.23. The molecule has 1 saturated heterocycles. The topological polar surface area (TPSA) is 101 Å². The molecule has 0 bridgehead atoms. The van der Waals surface area contributed by atoms with E-state index in [9.17, 15) is 8.42 Å². The molecule has 1 atom stereocenters. The van der Waals surface area contributed by atoms with Crippen LogP contribution in [0.2, 0.25) is 0 Å². The van der Waals surface area contributed by atoms with Crippen LogP contribution >= 0.6 is 0 Å². The second-order valence-electron chi connectivity index (χ2n) is 7.52. The number of aromatic nitrogens is 4. The number of nitrogens with zero attached hydrogens (tertiary/aromatic N) is 4. The summed E-state index contributed by atoms with van der Waals surface area (Å²) in [6.07, 6.45) is 2.12. The summed E-state index contributed by atoms with van der Waals surface area (Å²) < 4.78 is 29.4. The zero-order valence-corrected chi connectivity index (χ0v) is 17.7. The van der Waals surface area contributed by atoms with Crippen molar-refractivity contribution < 1.29 is 13.2 Å². The first-order valence-corrected chi connectivity index (χ1v) is 11.8. The summed E-state index contributed by atoms with van der Waals surface area (Å²) in [4.78, 5) is 19.4. The largest absolute Gasteiger partial charge is 0.377 e. The lowest BCUT2D eigenvalue weighted by atomic mass is 10.1. The van der Waals surface area contributed by atoms with Gasteiger partial charge in [-0.2, -0.15) is 0 Å². The van der Waals surface area contributed by atoms with E-state index >= 15 is 0 Å². The maximum Gasteiger partial charge on any atom is 0.180 e. The molecule has 0 amide bonds. The van der Waals surface area contributed by atoms with E-state index in [-0.39, 0.29) is 11.8 Å². The second kappa shape index (κ2) is 7.72. The molecule has 1 aliphatic rings. The van der Waals surface area contributed by atoms with Crippen LogP contribution in [0.3, 0.4) is 0 Å². The van der Waals surface area contributed by atoms with E-state index < -0.39 is 9.84 Å². The fraction of sp³-hybridized carbons (Fsp3) is 0.450. The third kappa shape index (κ3) is 4.40. The Morgan fingerprint density at radius 2 is 2.07 bits per heavy atom. The zero-order chi connectivity index (χ0) is 20.6. The van der Waals surface area contributed by atoms with E-state index in [1.807, 2.05) is 25.1 Å². The van der Waals surface area contributed by atoms with Crippen LogP contribution < -0.4 is 4.90 Å². The molecule has 1 aliphatic heterocycles. The molecule has 0 radical (unpaired) electrons. The number of hydrogen-bond donors (Lipinski definition) is 1. The van der Waals surface area contributed by atoms with Gasteiger partial charge < -0.3 is 14.6 Å². The van der Waals surface area contributed by atoms with Gasteiger partial charge in [-0.1, -0.05) is 6.92 Å². The number of morpholine rings is 1. The monoisotopic (exact) mass is 415 g/mol. The Kier molecular flexibility index (Phi) is 5.26. The molecular formula is C20H25N5O3S. The lowest BCUT2D eigenvalue weighted by Gasteiger charge is -2.36. The number of H-pyrrole nitrogens is 1. The summed E-state index contributed by atoms with van der Waals surface area (Å²) >= 11 is 0. The highest BCUT2D eigenvalue weighted by molar-refractivity contribution is 7.89. The van der Waals surface area contributed by atoms with Crippen LogP contribution in [0.4, 0.5) is 5.82 Å². The Morgan fingerprint density at radius 1 is 1.24 bits per heavy atom. The van der Waals surface area contributed by atoms with Crippen molar-refractivity contribution in [3.8, 4) is 11.5 Å². The van der Waals surface area contributed by atoms with Crippen molar-refractivity contribution in [2.24, 2.45) is 0 Å². The molecule has 0 spiro atoms. The number of anilines is 1. The molecule has 0 unspecified atom stereocenters. The summed E-state index contributed by atoms with van der Waals surface area (Å²) in [6.45, 7) is 6.03. The summed E-state index contributed by atoms with van der Waals surface area (Å²) in [6, 6.07) is 7.74. The average Bonchev–Trinajstić information content (AvgIpc) is 3.05. The van der Waals surface area contributed by atoms with E-state index in [2.05, 4.69) is 26.8 Å². The van der Waals surface area contributed by atoms with E-state index in [0.717, 1.165) is 29.0 Å². The molecule has 3 aromatic heterocycles. The third-order valence-corrected chi connectivity index (χ3v) is 5.83. The Labute approximate surface area is 170 Å². The smallest absolute Gasteiger partial charge is 0.180 e. The molecule has 1 fully saturated rings. The van der Waals surface area contributed by atoms with Crippen molar-refractivity contribution in [3.05, 3.63) is 35.7 Å². The number of aromatic amines is 1. The molecule has 0 aromatic carbocycles. The molecule has 1 N–H and O–H groups in total. The maximum absolute atomic E-state index is 11.9. The predicted molar refractivity (Wildman–Crippen MR) is 113 cm³/mol. The molecule has 0 aliphatic carbocycles. The van der Waals surface area contributed by atoms with Crippen LogP contribution in [0.1, 0.15) is 24.7 Å². The van der Waals surface area contributed by atoms with Gasteiger partial charge in [-0.05, 0) is 31.5 Å². The van der Waals surface area contributed by atoms with Gasteiger partial charge in [0.1, 0.15) is 11.5 Å². The predicted octanol–water partition coefficient (Wildman–Crippen LogP) is 2.49. The summed E-state index contributed by atoms with van der Waals surface area (Å²) in [5.41, 5.74) is 3.89. The van der Waals surface area contributed by atoms with Gasteiger partial charge in [0.15, 0.2) is 15.7 Å². The molecule has 4 heterocycles. The van der Waals surface area contributed by atoms with Gasteiger partial charge in [0.25, 0.3) is 0 Å². The van der Waals surface area contributed by atoms with Crippen molar-refractivity contribution in [3.63, 3.8) is 0 Å². The maximum atomic E-state index is 11.9. The highest BCUT2D eigenvalue weighted by atomic mass is 32.2. The molecule has 9 heteroatoms. The molecule has 8 nitrogen and oxygen atoms in total. The average molecular weight is 416 g/mol. The summed E-state index contributed by atoms with van der Waals surface area (Å²) in [5, 5.41) is 0. The van der Waals surface area contributed by atoms with E-state index in [1.165, 1.54) is 6.26 Å². The molecule has 4 rings (SSSR count). The van der Waals surface area contributed by atoms with Crippen molar-refractivity contribution in [2.45, 2.75) is 32.1 Å². The highest BCUT2D eigenvalue weighted by Gasteiger charge is 2.24. The standard InChI is InChI=1S/C20H25N5O3S/c1-4-15-11-28-8-7-25(15)19-10-14(12-29(3,26)27)22-20(24-19)17-6-5-16-18(23-17)9-13(2)21-16/h5-6,9-10,15,21H,4,7-8,11-12H2,1-3H3/t15-/m0/s1. The number of pyridine rings is 1. The first-order valence-electron chi connectivity index (χ1n) is 9.69. The molecule has 154 valence electrons. The van der Waals surface area contributed by atoms with Gasteiger partial charge in [0.2, 0.25) is 0 Å². The number of ether oxygens (including phenoxy) is 1. The van der Waals surface area contributed by atoms with Gasteiger partial charge in [0.05, 0.1) is 41.7 Å². The van der Waals surface area contributed by atoms with Gasteiger partial charge in [-0.25, -0.2) is 23.4 Å². The third-order valence-electron chi connectivity index (χ3n) is 5.01. The van der Waals surface area contributed by atoms with Crippen molar-refractivity contribution in [2.75, 3.05) is 30.9 Å². The fourth-order valence-electron chi connectivity index (χ4n) is 3.65. The summed E-state index contributed by atoms with van der Waals surface area (Å²) in [7, 11) is -3.23. The van der Waals surface area contributed by atoms with E-state index in [1.54, 1.807) is 6.07 Å². The Hall–Kier alpha value is -2.52. The number of fused-ring (bicyclic) bond motifs is 1. The first kappa shape index (κ1) is 19.8. The minimum absolute atomic E-state index is 0.137. The molecule has 3 aromatic rings. The van der Waals surface area contributed by atoms with Crippen LogP contribution in [-0.4, -0.2) is 60.4 Å². The molecule has 29 heavy (non-hydrogen) atoms. The van der Waals surface area contributed by atoms with Gasteiger partial charge in [-0.15, -0.1) is 0 Å². The van der Waals surface area contributed by atoms with Crippen LogP contribution in [0.15, 0.2) is 24.3 Å². The quantitative estimate of drug-likeness (QED) is 0.683. The van der Waals surface area contributed by atoms with E-state index in [0.29, 0.717) is 37.0 Å². The lowest BCUT2D eigenvalue weighted by Crippen LogP contribution is -2.45. The van der Waals surface area contributed by atoms with Gasteiger partial charge >= 0.3 is 0 Å². The number of hydrogen-bond acceptors (Lipinski definition) is 7. The zero-order valence-electron chi connectivity index (χ0n) is 16.8. The second-order valence-corrected chi connectivity index (χ2v) is 9.66. The van der Waals surface area contributed by atoms with Crippen molar-refractivity contribution in [1.29, 1.82) is 0 Å². The van der Waals surface area contributed by atoms with Crippen LogP contribution in [0.5, 0.6) is 0 Å². The van der Waals surface area contributed by atoms with Crippen LogP contribution in [-0.2, 0) is 20.3 Å². The van der Waals surface area contributed by atoms with E-state index in [4.69, 9.17) is 9.72 Å². The molecule has 0 saturated carbocycles. The SMILES string of the molecule is CC[C@H]1COCCN1c1cc(CS(C)(=O)=O)nc(-c2ccc3[nH]c(C)cc3n2)n1. The Morgan fingerprint density at radius 3 is 2.83 bits per heavy atom. The first-order chi connectivity index (χ1) is 13.8. The van der Waals surface area contributed by atoms with Gasteiger partial charge in [-0.3, -0.25) is 0 Å². The van der Waals surface area contributed by atoms with Crippen LogP contribution in [0, 0.1) is 6.92 Å². The number of aryl methyl sites for hydroxylation is 1. The van der Waals surface area contributed by atoms with Crippen LogP contribution in [0.25, 0.3) is 22.6 Å². The lowest BCUT2D eigenvalue weighted by molar-refractivity contribution is 0.0925. The van der Waals surface area contributed by atoms with Gasteiger partial charge in [0, 0.05) is 24.6 Å². The number of nitrogens with one attached hydrogen (secondary N) is 1. The van der Waals surface area contributed by atoms with Crippen molar-refractivity contribution in [1.82, 2.24) is 19.9 Å². The Bertz CT molecular complexity index is 1140. The fourth-order valence-corrected chi connectivity index (χ4v) is 4.34. The Balaban J connectivity index is 1.81. The number of sulfone groups is 1. The normalized spacial score (nSPS) is 17.8. The minimum Gasteiger partial charge on any atom is -0.377 e. The highest BCUT2D eigenvalue weighted by Crippen LogP contribution is 2.25. The molecular weight excluding hydrogens is 390 g/mol. The summed E-state index contributed by atoms with van der Waals surface area (Å²) in [5.74, 6) is 1.02. The van der Waals surface area contributed by atoms with Crippen molar-refractivity contribution >= 4 is 26.7 Å². The number of rotatable bonds is 5.